The summed E-state index contributed by atoms with van der Waals surface area (Å²) in [5, 5.41) is -1.88. The van der Waals surface area contributed by atoms with Crippen molar-refractivity contribution in [3.63, 3.8) is 0 Å². The van der Waals surface area contributed by atoms with Crippen molar-refractivity contribution in [1.29, 1.82) is 0 Å². The number of carbonyl (C=O) groups is 1. The number of esters is 1. The number of alkyl halides is 2. The molecule has 0 amide bonds. The van der Waals surface area contributed by atoms with Crippen LogP contribution in [0.15, 0.2) is 0 Å². The Balaban J connectivity index is 2.47. The Morgan fingerprint density at radius 3 is 2.71 bits per heavy atom. The molecule has 1 rings (SSSR count). The summed E-state index contributed by atoms with van der Waals surface area (Å²) in [5.41, 5.74) is 0. The highest BCUT2D eigenvalue weighted by atomic mass is 32.2. The van der Waals surface area contributed by atoms with E-state index in [2.05, 4.69) is 10.1 Å². The number of carbonyl (C=O) groups excluding carboxylic acids is 1. The molecular formula is C7H11F2NO6S. The normalized spacial score (nSPS) is 22.2. The predicted octanol–water partition coefficient (Wildman–Crippen LogP) is -1.00. The van der Waals surface area contributed by atoms with Crippen LogP contribution in [-0.4, -0.2) is 56.6 Å². The minimum atomic E-state index is -5.59. The molecule has 1 saturated heterocycles. The Labute approximate surface area is 95.8 Å². The van der Waals surface area contributed by atoms with E-state index in [1.165, 1.54) is 0 Å². The first-order valence-electron chi connectivity index (χ1n) is 4.56. The average molecular weight is 275 g/mol. The van der Waals surface area contributed by atoms with Gasteiger partial charge in [0.2, 0.25) is 0 Å². The Hall–Kier alpha value is -0.840. The minimum absolute atomic E-state index is 0.0454. The van der Waals surface area contributed by atoms with Crippen LogP contribution in [0.4, 0.5) is 8.78 Å². The van der Waals surface area contributed by atoms with Crippen LogP contribution in [0.3, 0.4) is 0 Å². The van der Waals surface area contributed by atoms with Crippen LogP contribution in [0, 0.1) is 0 Å². The number of hydrogen-bond donors (Lipinski definition) is 2. The van der Waals surface area contributed by atoms with Gasteiger partial charge in [-0.1, -0.05) is 0 Å². The molecule has 1 aliphatic rings. The van der Waals surface area contributed by atoms with Crippen molar-refractivity contribution in [2.24, 2.45) is 0 Å². The molecule has 0 radical (unpaired) electrons. The average Bonchev–Trinajstić information content (AvgIpc) is 2.25. The van der Waals surface area contributed by atoms with Gasteiger partial charge in [0.25, 0.3) is 0 Å². The van der Waals surface area contributed by atoms with E-state index in [1.807, 2.05) is 0 Å². The Bertz CT molecular complexity index is 378. The molecule has 0 aromatic heterocycles. The fourth-order valence-corrected chi connectivity index (χ4v) is 1.25. The molecule has 0 bridgehead atoms. The monoisotopic (exact) mass is 275 g/mol. The fraction of sp³-hybridized carbons (Fsp3) is 0.857. The third kappa shape index (κ3) is 3.84. The summed E-state index contributed by atoms with van der Waals surface area (Å²) in [6, 6.07) is -0.916. The third-order valence-electron chi connectivity index (χ3n) is 1.97. The van der Waals surface area contributed by atoms with Crippen LogP contribution in [0.25, 0.3) is 0 Å². The molecule has 17 heavy (non-hydrogen) atoms. The van der Waals surface area contributed by atoms with Crippen molar-refractivity contribution >= 4 is 16.1 Å². The second kappa shape index (κ2) is 5.21. The minimum Gasteiger partial charge on any atom is -0.457 e. The Morgan fingerprint density at radius 2 is 2.24 bits per heavy atom. The fourth-order valence-electron chi connectivity index (χ4n) is 1.05. The van der Waals surface area contributed by atoms with E-state index in [9.17, 15) is 22.0 Å². The van der Waals surface area contributed by atoms with Crippen molar-refractivity contribution in [3.8, 4) is 0 Å². The van der Waals surface area contributed by atoms with Crippen LogP contribution >= 0.6 is 0 Å². The lowest BCUT2D eigenvalue weighted by molar-refractivity contribution is -0.155. The number of morpholine rings is 1. The summed E-state index contributed by atoms with van der Waals surface area (Å²) in [5.74, 6) is -1.06. The molecular weight excluding hydrogens is 264 g/mol. The van der Waals surface area contributed by atoms with E-state index in [0.29, 0.717) is 13.2 Å². The van der Waals surface area contributed by atoms with Crippen LogP contribution < -0.4 is 5.32 Å². The van der Waals surface area contributed by atoms with Gasteiger partial charge in [-0.25, -0.2) is 0 Å². The number of nitrogens with one attached hydrogen (secondary N) is 1. The van der Waals surface area contributed by atoms with E-state index in [-0.39, 0.29) is 6.61 Å². The second-order valence-electron chi connectivity index (χ2n) is 3.30. The smallest absolute Gasteiger partial charge is 0.402 e. The molecule has 100 valence electrons. The van der Waals surface area contributed by atoms with E-state index in [0.717, 1.165) is 0 Å². The Kier molecular flexibility index (Phi) is 4.36. The lowest BCUT2D eigenvalue weighted by Crippen LogP contribution is -2.48. The van der Waals surface area contributed by atoms with Crippen molar-refractivity contribution in [2.75, 3.05) is 26.4 Å². The molecule has 0 aliphatic carbocycles. The van der Waals surface area contributed by atoms with Gasteiger partial charge in [0.1, 0.15) is 6.04 Å². The molecule has 1 aliphatic heterocycles. The maximum Gasteiger partial charge on any atom is 0.402 e. The first-order valence-corrected chi connectivity index (χ1v) is 6.01. The highest BCUT2D eigenvalue weighted by Crippen LogP contribution is 2.20. The summed E-state index contributed by atoms with van der Waals surface area (Å²) >= 11 is 0. The van der Waals surface area contributed by atoms with Crippen molar-refractivity contribution < 1.29 is 36.0 Å². The van der Waals surface area contributed by atoms with Crippen LogP contribution in [0.2, 0.25) is 0 Å². The van der Waals surface area contributed by atoms with Crippen LogP contribution in [0.5, 0.6) is 0 Å². The van der Waals surface area contributed by atoms with Gasteiger partial charge in [-0.2, -0.15) is 17.2 Å². The molecule has 1 atom stereocenters. The number of hydrogen-bond acceptors (Lipinski definition) is 6. The quantitative estimate of drug-likeness (QED) is 0.501. The molecule has 7 nitrogen and oxygen atoms in total. The number of halogens is 2. The summed E-state index contributed by atoms with van der Waals surface area (Å²) in [6.45, 7) is -1.04. The zero-order valence-corrected chi connectivity index (χ0v) is 9.37. The number of ether oxygens (including phenoxy) is 2. The van der Waals surface area contributed by atoms with E-state index < -0.39 is 34.0 Å². The van der Waals surface area contributed by atoms with Gasteiger partial charge in [-0.05, 0) is 0 Å². The van der Waals surface area contributed by atoms with Gasteiger partial charge < -0.3 is 14.8 Å². The molecule has 1 heterocycles. The second-order valence-corrected chi connectivity index (χ2v) is 4.85. The molecule has 0 aromatic rings. The van der Waals surface area contributed by atoms with Crippen molar-refractivity contribution in [3.05, 3.63) is 0 Å². The zero-order valence-electron chi connectivity index (χ0n) is 8.56. The summed E-state index contributed by atoms with van der Waals surface area (Å²) in [6.07, 6.45) is 0. The number of rotatable bonds is 4. The summed E-state index contributed by atoms with van der Waals surface area (Å²) in [4.78, 5) is 11.2. The molecule has 0 aromatic carbocycles. The SMILES string of the molecule is O=C(OCC(F)(F)S(=O)(=O)O)C1COCCN1. The third-order valence-corrected chi connectivity index (χ3v) is 2.84. The predicted molar refractivity (Wildman–Crippen MR) is 50.1 cm³/mol. The highest BCUT2D eigenvalue weighted by molar-refractivity contribution is 7.86. The van der Waals surface area contributed by atoms with Crippen molar-refractivity contribution in [2.45, 2.75) is 11.3 Å². The molecule has 0 spiro atoms. The molecule has 0 saturated carbocycles. The first-order chi connectivity index (χ1) is 7.74. The zero-order chi connectivity index (χ0) is 13.1. The standard InChI is InChI=1S/C7H11F2NO6S/c8-7(9,17(12,13)14)4-16-6(11)5-3-15-2-1-10-5/h5,10H,1-4H2,(H,12,13,14). The summed E-state index contributed by atoms with van der Waals surface area (Å²) in [7, 11) is -5.59. The molecule has 10 heteroatoms. The molecule has 1 fully saturated rings. The Morgan fingerprint density at radius 1 is 1.59 bits per heavy atom. The topological polar surface area (TPSA) is 102 Å². The summed E-state index contributed by atoms with van der Waals surface area (Å²) < 4.78 is 63.0. The lowest BCUT2D eigenvalue weighted by Gasteiger charge is -2.22. The van der Waals surface area contributed by atoms with E-state index in [1.54, 1.807) is 0 Å². The van der Waals surface area contributed by atoms with Crippen LogP contribution in [0.1, 0.15) is 0 Å². The maximum atomic E-state index is 12.7. The van der Waals surface area contributed by atoms with Gasteiger partial charge >= 0.3 is 21.3 Å². The molecule has 1 unspecified atom stereocenters. The van der Waals surface area contributed by atoms with Crippen molar-refractivity contribution in [1.82, 2.24) is 5.32 Å². The van der Waals surface area contributed by atoms with Gasteiger partial charge in [0, 0.05) is 6.54 Å². The molecule has 2 N–H and O–H groups in total. The van der Waals surface area contributed by atoms with Gasteiger partial charge in [0.05, 0.1) is 13.2 Å². The lowest BCUT2D eigenvalue weighted by atomic mass is 10.3. The van der Waals surface area contributed by atoms with Gasteiger partial charge in [-0.3, -0.25) is 9.35 Å². The van der Waals surface area contributed by atoms with Gasteiger partial charge in [-0.15, -0.1) is 0 Å². The van der Waals surface area contributed by atoms with Gasteiger partial charge in [0.15, 0.2) is 6.61 Å². The maximum absolute atomic E-state index is 12.7. The van der Waals surface area contributed by atoms with E-state index >= 15 is 0 Å². The van der Waals surface area contributed by atoms with Crippen LogP contribution in [-0.2, 0) is 24.4 Å². The largest absolute Gasteiger partial charge is 0.457 e. The van der Waals surface area contributed by atoms with E-state index in [4.69, 9.17) is 9.29 Å². The highest BCUT2D eigenvalue weighted by Gasteiger charge is 2.46. The first kappa shape index (κ1) is 14.2.